The molecule has 0 saturated carbocycles. The van der Waals surface area contributed by atoms with Crippen molar-refractivity contribution in [3.63, 3.8) is 0 Å². The molecule has 0 aliphatic carbocycles. The summed E-state index contributed by atoms with van der Waals surface area (Å²) in [5.74, 6) is 0.587. The molecule has 2 heterocycles. The number of hydrogen-bond donors (Lipinski definition) is 1. The lowest BCUT2D eigenvalue weighted by Crippen LogP contribution is -2.33. The van der Waals surface area contributed by atoms with E-state index >= 15 is 0 Å². The van der Waals surface area contributed by atoms with Gasteiger partial charge in [-0.2, -0.15) is 0 Å². The minimum absolute atomic E-state index is 0.240. The van der Waals surface area contributed by atoms with Gasteiger partial charge in [0.25, 0.3) is 0 Å². The third kappa shape index (κ3) is 1.95. The van der Waals surface area contributed by atoms with Crippen LogP contribution in [0.2, 0.25) is 0 Å². The van der Waals surface area contributed by atoms with E-state index in [0.717, 1.165) is 31.0 Å². The number of para-hydroxylation sites is 1. The Kier molecular flexibility index (Phi) is 2.71. The molecular weight excluding hydrogens is 233 g/mol. The van der Waals surface area contributed by atoms with Gasteiger partial charge in [0.15, 0.2) is 0 Å². The molecule has 0 amide bonds. The Morgan fingerprint density at radius 1 is 1.33 bits per heavy atom. The average Bonchev–Trinajstić information content (AvgIpc) is 2.82. The predicted octanol–water partition coefficient (Wildman–Crippen LogP) is 1.02. The van der Waals surface area contributed by atoms with Crippen molar-refractivity contribution in [1.82, 2.24) is 19.7 Å². The summed E-state index contributed by atoms with van der Waals surface area (Å²) in [6.45, 7) is 3.10. The molecule has 0 fully saturated rings. The van der Waals surface area contributed by atoms with Crippen LogP contribution in [0.3, 0.4) is 0 Å². The average molecular weight is 247 g/mol. The van der Waals surface area contributed by atoms with Crippen molar-refractivity contribution in [2.45, 2.75) is 19.6 Å². The number of fused-ring (bicyclic) bond motifs is 1. The maximum atomic E-state index is 13.4. The van der Waals surface area contributed by atoms with Gasteiger partial charge in [0.05, 0.1) is 12.2 Å². The highest BCUT2D eigenvalue weighted by Crippen LogP contribution is 2.19. The second-order valence-corrected chi connectivity index (χ2v) is 4.46. The van der Waals surface area contributed by atoms with Gasteiger partial charge in [0.2, 0.25) is 0 Å². The van der Waals surface area contributed by atoms with Crippen molar-refractivity contribution < 1.29 is 4.39 Å². The van der Waals surface area contributed by atoms with E-state index in [-0.39, 0.29) is 11.5 Å². The maximum Gasteiger partial charge on any atom is 0.147 e. The van der Waals surface area contributed by atoms with Crippen molar-refractivity contribution in [3.05, 3.63) is 41.7 Å². The summed E-state index contributed by atoms with van der Waals surface area (Å²) in [5.41, 5.74) is 6.80. The van der Waals surface area contributed by atoms with Crippen molar-refractivity contribution in [2.24, 2.45) is 0 Å². The Morgan fingerprint density at radius 2 is 2.22 bits per heavy atom. The first-order valence-corrected chi connectivity index (χ1v) is 5.86. The Morgan fingerprint density at radius 3 is 3.11 bits per heavy atom. The first kappa shape index (κ1) is 11.2. The zero-order valence-corrected chi connectivity index (χ0v) is 9.88. The number of hydrogen-bond acceptors (Lipinski definition) is 4. The molecule has 3 rings (SSSR count). The maximum absolute atomic E-state index is 13.4. The van der Waals surface area contributed by atoms with Crippen LogP contribution in [0.5, 0.6) is 0 Å². The third-order valence-electron chi connectivity index (χ3n) is 3.26. The summed E-state index contributed by atoms with van der Waals surface area (Å²) in [6, 6.07) is 4.93. The molecule has 5 nitrogen and oxygen atoms in total. The summed E-state index contributed by atoms with van der Waals surface area (Å²) < 4.78 is 15.4. The van der Waals surface area contributed by atoms with Crippen LogP contribution in [0.15, 0.2) is 24.5 Å². The number of aromatic nitrogens is 3. The first-order valence-electron chi connectivity index (χ1n) is 5.86. The molecule has 0 unspecified atom stereocenters. The van der Waals surface area contributed by atoms with Crippen LogP contribution in [-0.4, -0.2) is 26.2 Å². The van der Waals surface area contributed by atoms with E-state index in [9.17, 15) is 4.39 Å². The van der Waals surface area contributed by atoms with Crippen LogP contribution in [0.4, 0.5) is 10.1 Å². The van der Waals surface area contributed by atoms with E-state index in [1.165, 1.54) is 6.07 Å². The molecule has 0 bridgehead atoms. The molecule has 1 aromatic carbocycles. The van der Waals surface area contributed by atoms with Gasteiger partial charge in [-0.25, -0.2) is 4.39 Å². The monoisotopic (exact) mass is 247 g/mol. The molecule has 0 radical (unpaired) electrons. The van der Waals surface area contributed by atoms with Crippen LogP contribution in [0, 0.1) is 5.82 Å². The molecule has 18 heavy (non-hydrogen) atoms. The summed E-state index contributed by atoms with van der Waals surface area (Å²) in [6.07, 6.45) is 1.74. The minimum Gasteiger partial charge on any atom is -0.396 e. The number of nitrogen functional groups attached to an aromatic ring is 1. The summed E-state index contributed by atoms with van der Waals surface area (Å²) in [7, 11) is 0. The van der Waals surface area contributed by atoms with E-state index in [0.29, 0.717) is 6.54 Å². The molecule has 2 aromatic rings. The molecule has 0 saturated heterocycles. The van der Waals surface area contributed by atoms with Crippen LogP contribution in [0.1, 0.15) is 11.4 Å². The number of nitrogens with two attached hydrogens (primary N) is 1. The molecule has 1 aliphatic rings. The van der Waals surface area contributed by atoms with Crippen molar-refractivity contribution in [3.8, 4) is 0 Å². The smallest absolute Gasteiger partial charge is 0.147 e. The highest BCUT2D eigenvalue weighted by molar-refractivity contribution is 5.47. The highest BCUT2D eigenvalue weighted by atomic mass is 19.1. The van der Waals surface area contributed by atoms with Gasteiger partial charge >= 0.3 is 0 Å². The standard InChI is InChI=1S/C12H14FN5/c13-10-3-1-2-9(12(10)14)6-17-4-5-18-8-15-16-11(18)7-17/h1-3,8H,4-7,14H2. The van der Waals surface area contributed by atoms with E-state index in [1.807, 2.05) is 10.6 Å². The summed E-state index contributed by atoms with van der Waals surface area (Å²) >= 11 is 0. The fraction of sp³-hybridized carbons (Fsp3) is 0.333. The third-order valence-corrected chi connectivity index (χ3v) is 3.26. The summed E-state index contributed by atoms with van der Waals surface area (Å²) in [4.78, 5) is 2.19. The van der Waals surface area contributed by atoms with Gasteiger partial charge < -0.3 is 10.3 Å². The zero-order chi connectivity index (χ0) is 12.5. The number of anilines is 1. The number of benzene rings is 1. The number of halogens is 1. The van der Waals surface area contributed by atoms with Crippen molar-refractivity contribution in [2.75, 3.05) is 12.3 Å². The Labute approximate surface area is 104 Å². The van der Waals surface area contributed by atoms with Crippen LogP contribution >= 0.6 is 0 Å². The lowest BCUT2D eigenvalue weighted by Gasteiger charge is -2.27. The van der Waals surface area contributed by atoms with Crippen molar-refractivity contribution >= 4 is 5.69 Å². The molecule has 0 spiro atoms. The second kappa shape index (κ2) is 4.38. The van der Waals surface area contributed by atoms with Gasteiger partial charge in [-0.05, 0) is 11.6 Å². The van der Waals surface area contributed by atoms with Gasteiger partial charge in [0.1, 0.15) is 18.0 Å². The quantitative estimate of drug-likeness (QED) is 0.805. The van der Waals surface area contributed by atoms with E-state index < -0.39 is 0 Å². The Bertz CT molecular complexity index is 565. The summed E-state index contributed by atoms with van der Waals surface area (Å²) in [5, 5.41) is 7.93. The van der Waals surface area contributed by atoms with Crippen molar-refractivity contribution in [1.29, 1.82) is 0 Å². The highest BCUT2D eigenvalue weighted by Gasteiger charge is 2.18. The number of nitrogens with zero attached hydrogens (tertiary/aromatic N) is 4. The van der Waals surface area contributed by atoms with E-state index in [1.54, 1.807) is 12.4 Å². The molecule has 94 valence electrons. The van der Waals surface area contributed by atoms with Gasteiger partial charge in [-0.15, -0.1) is 10.2 Å². The lowest BCUT2D eigenvalue weighted by molar-refractivity contribution is 0.209. The largest absolute Gasteiger partial charge is 0.396 e. The van der Waals surface area contributed by atoms with Gasteiger partial charge in [0, 0.05) is 19.6 Å². The molecule has 1 aliphatic heterocycles. The normalized spacial score (nSPS) is 15.6. The van der Waals surface area contributed by atoms with Gasteiger partial charge in [-0.3, -0.25) is 4.90 Å². The van der Waals surface area contributed by atoms with Crippen LogP contribution < -0.4 is 5.73 Å². The first-order chi connectivity index (χ1) is 8.74. The van der Waals surface area contributed by atoms with Crippen LogP contribution in [-0.2, 0) is 19.6 Å². The minimum atomic E-state index is -0.354. The number of rotatable bonds is 2. The lowest BCUT2D eigenvalue weighted by atomic mass is 10.1. The molecular formula is C12H14FN5. The second-order valence-electron chi connectivity index (χ2n) is 4.46. The van der Waals surface area contributed by atoms with Crippen LogP contribution in [0.25, 0.3) is 0 Å². The molecule has 6 heteroatoms. The van der Waals surface area contributed by atoms with E-state index in [4.69, 9.17) is 5.73 Å². The SMILES string of the molecule is Nc1c(F)cccc1CN1CCn2cnnc2C1. The predicted molar refractivity (Wildman–Crippen MR) is 64.9 cm³/mol. The topological polar surface area (TPSA) is 60.0 Å². The zero-order valence-electron chi connectivity index (χ0n) is 9.88. The van der Waals surface area contributed by atoms with Gasteiger partial charge in [-0.1, -0.05) is 12.1 Å². The fourth-order valence-electron chi connectivity index (χ4n) is 2.21. The Balaban J connectivity index is 1.77. The Hall–Kier alpha value is -1.95. The van der Waals surface area contributed by atoms with E-state index in [2.05, 4.69) is 15.1 Å². The fourth-order valence-corrected chi connectivity index (χ4v) is 2.21. The molecule has 1 aromatic heterocycles. The molecule has 0 atom stereocenters. The molecule has 2 N–H and O–H groups in total.